The number of nitrogens with one attached hydrogen (secondary N) is 1. The van der Waals surface area contributed by atoms with Crippen molar-refractivity contribution in [1.29, 1.82) is 0 Å². The molecule has 1 aromatic heterocycles. The Hall–Kier alpha value is -2.38. The number of methoxy groups -OCH3 is 1. The van der Waals surface area contributed by atoms with E-state index in [-0.39, 0.29) is 5.91 Å². The molecule has 0 spiro atoms. The van der Waals surface area contributed by atoms with Crippen LogP contribution < -0.4 is 10.2 Å². The Bertz CT molecular complexity index is 841. The number of carbonyl (C=O) groups is 2. The van der Waals surface area contributed by atoms with Gasteiger partial charge in [-0.1, -0.05) is 6.92 Å². The number of aryl methyl sites for hydroxylation is 2. The van der Waals surface area contributed by atoms with Gasteiger partial charge in [0.05, 0.1) is 36.5 Å². The second-order valence-corrected chi connectivity index (χ2v) is 7.48. The Morgan fingerprint density at radius 3 is 2.63 bits per heavy atom. The Morgan fingerprint density at radius 2 is 2.00 bits per heavy atom. The molecule has 1 aromatic carbocycles. The van der Waals surface area contributed by atoms with E-state index < -0.39 is 5.97 Å². The number of benzene rings is 1. The summed E-state index contributed by atoms with van der Waals surface area (Å²) in [6, 6.07) is 7.32. The Labute approximate surface area is 163 Å². The molecule has 0 saturated carbocycles. The standard InChI is InChI=1S/C20H24N2O4S/c1-4-17-13(2)11-18(27-17)19(23)21-16-6-5-14(12-15(16)20(24)25-3)22-7-9-26-10-8-22/h5-6,11-12H,4,7-10H2,1-3H3,(H,21,23). The van der Waals surface area contributed by atoms with E-state index in [0.29, 0.717) is 29.3 Å². The number of hydrogen-bond acceptors (Lipinski definition) is 6. The molecule has 0 atom stereocenters. The number of esters is 1. The van der Waals surface area contributed by atoms with Crippen molar-refractivity contribution in [2.75, 3.05) is 43.6 Å². The van der Waals surface area contributed by atoms with E-state index in [2.05, 4.69) is 17.1 Å². The third kappa shape index (κ3) is 4.31. The minimum Gasteiger partial charge on any atom is -0.465 e. The number of amides is 1. The van der Waals surface area contributed by atoms with Gasteiger partial charge in [-0.15, -0.1) is 11.3 Å². The van der Waals surface area contributed by atoms with Crippen molar-refractivity contribution in [3.63, 3.8) is 0 Å². The molecular weight excluding hydrogens is 364 g/mol. The summed E-state index contributed by atoms with van der Waals surface area (Å²) in [4.78, 5) is 28.9. The maximum absolute atomic E-state index is 12.7. The van der Waals surface area contributed by atoms with E-state index in [1.54, 1.807) is 12.1 Å². The van der Waals surface area contributed by atoms with Gasteiger partial charge in [0.1, 0.15) is 0 Å². The van der Waals surface area contributed by atoms with Crippen LogP contribution in [0.4, 0.5) is 11.4 Å². The Morgan fingerprint density at radius 1 is 1.26 bits per heavy atom. The highest BCUT2D eigenvalue weighted by Crippen LogP contribution is 2.27. The number of morpholine rings is 1. The third-order valence-electron chi connectivity index (χ3n) is 4.60. The monoisotopic (exact) mass is 388 g/mol. The predicted molar refractivity (Wildman–Crippen MR) is 107 cm³/mol. The fourth-order valence-electron chi connectivity index (χ4n) is 3.10. The molecule has 0 radical (unpaired) electrons. The second kappa shape index (κ2) is 8.54. The van der Waals surface area contributed by atoms with Crippen molar-refractivity contribution in [3.8, 4) is 0 Å². The molecule has 1 N–H and O–H groups in total. The molecule has 0 aliphatic carbocycles. The lowest BCUT2D eigenvalue weighted by molar-refractivity contribution is 0.0602. The van der Waals surface area contributed by atoms with Crippen LogP contribution in [0.3, 0.4) is 0 Å². The zero-order valence-corrected chi connectivity index (χ0v) is 16.6. The number of rotatable bonds is 5. The van der Waals surface area contributed by atoms with Gasteiger partial charge in [-0.2, -0.15) is 0 Å². The van der Waals surface area contributed by atoms with Crippen molar-refractivity contribution in [2.45, 2.75) is 20.3 Å². The molecule has 3 rings (SSSR count). The van der Waals surface area contributed by atoms with Crippen LogP contribution in [0.5, 0.6) is 0 Å². The number of hydrogen-bond donors (Lipinski definition) is 1. The highest BCUT2D eigenvalue weighted by atomic mass is 32.1. The zero-order chi connectivity index (χ0) is 19.4. The molecule has 0 bridgehead atoms. The molecule has 1 aliphatic heterocycles. The van der Waals surface area contributed by atoms with Crippen molar-refractivity contribution in [1.82, 2.24) is 0 Å². The molecule has 2 aromatic rings. The number of anilines is 2. The van der Waals surface area contributed by atoms with Crippen molar-refractivity contribution in [3.05, 3.63) is 45.1 Å². The smallest absolute Gasteiger partial charge is 0.340 e. The van der Waals surface area contributed by atoms with Crippen LogP contribution >= 0.6 is 11.3 Å². The van der Waals surface area contributed by atoms with Crippen LogP contribution in [-0.4, -0.2) is 45.3 Å². The minimum atomic E-state index is -0.475. The molecule has 0 unspecified atom stereocenters. The summed E-state index contributed by atoms with van der Waals surface area (Å²) in [7, 11) is 1.34. The second-order valence-electron chi connectivity index (χ2n) is 6.35. The van der Waals surface area contributed by atoms with Gasteiger partial charge >= 0.3 is 5.97 Å². The average molecular weight is 388 g/mol. The Balaban J connectivity index is 1.86. The van der Waals surface area contributed by atoms with Gasteiger partial charge in [-0.3, -0.25) is 4.79 Å². The average Bonchev–Trinajstić information content (AvgIpc) is 3.09. The molecule has 27 heavy (non-hydrogen) atoms. The maximum atomic E-state index is 12.7. The van der Waals surface area contributed by atoms with Crippen LogP contribution in [0, 0.1) is 6.92 Å². The fourth-order valence-corrected chi connectivity index (χ4v) is 4.11. The summed E-state index contributed by atoms with van der Waals surface area (Å²) in [5.74, 6) is -0.691. The number of thiophene rings is 1. The zero-order valence-electron chi connectivity index (χ0n) is 15.8. The van der Waals surface area contributed by atoms with Crippen LogP contribution in [0.15, 0.2) is 24.3 Å². The van der Waals surface area contributed by atoms with Gasteiger partial charge in [0, 0.05) is 23.7 Å². The minimum absolute atomic E-state index is 0.216. The predicted octanol–water partition coefficient (Wildman–Crippen LogP) is 3.49. The summed E-state index contributed by atoms with van der Waals surface area (Å²) >= 11 is 1.48. The summed E-state index contributed by atoms with van der Waals surface area (Å²) in [5.41, 5.74) is 2.83. The normalized spacial score (nSPS) is 14.1. The molecule has 1 amide bonds. The summed E-state index contributed by atoms with van der Waals surface area (Å²) in [6.07, 6.45) is 0.894. The molecule has 144 valence electrons. The van der Waals surface area contributed by atoms with E-state index in [0.717, 1.165) is 30.8 Å². The Kier molecular flexibility index (Phi) is 6.13. The molecular formula is C20H24N2O4S. The third-order valence-corrected chi connectivity index (χ3v) is 5.98. The van der Waals surface area contributed by atoms with Gasteiger partial charge in [0.25, 0.3) is 5.91 Å². The van der Waals surface area contributed by atoms with E-state index in [1.807, 2.05) is 19.1 Å². The van der Waals surface area contributed by atoms with Crippen molar-refractivity contribution >= 4 is 34.6 Å². The SMILES string of the molecule is CCc1sc(C(=O)Nc2ccc(N3CCOCC3)cc2C(=O)OC)cc1C. The number of carbonyl (C=O) groups excluding carboxylic acids is 2. The molecule has 1 saturated heterocycles. The molecule has 6 nitrogen and oxygen atoms in total. The first-order valence-corrected chi connectivity index (χ1v) is 9.80. The van der Waals surface area contributed by atoms with Gasteiger partial charge in [-0.25, -0.2) is 4.79 Å². The van der Waals surface area contributed by atoms with E-state index >= 15 is 0 Å². The van der Waals surface area contributed by atoms with Crippen LogP contribution in [0.2, 0.25) is 0 Å². The summed E-state index contributed by atoms with van der Waals surface area (Å²) in [5, 5.41) is 2.86. The van der Waals surface area contributed by atoms with Crippen molar-refractivity contribution < 1.29 is 19.1 Å². The first-order valence-electron chi connectivity index (χ1n) is 8.99. The number of ether oxygens (including phenoxy) is 2. The van der Waals surface area contributed by atoms with E-state index in [1.165, 1.54) is 23.3 Å². The fraction of sp³-hybridized carbons (Fsp3) is 0.400. The van der Waals surface area contributed by atoms with E-state index in [4.69, 9.17) is 9.47 Å². The van der Waals surface area contributed by atoms with Crippen LogP contribution in [-0.2, 0) is 15.9 Å². The quantitative estimate of drug-likeness (QED) is 0.794. The first-order chi connectivity index (χ1) is 13.0. The van der Waals surface area contributed by atoms with Gasteiger partial charge in [-0.05, 0) is 43.2 Å². The lowest BCUT2D eigenvalue weighted by Gasteiger charge is -2.29. The van der Waals surface area contributed by atoms with E-state index in [9.17, 15) is 9.59 Å². The highest BCUT2D eigenvalue weighted by Gasteiger charge is 2.20. The lowest BCUT2D eigenvalue weighted by Crippen LogP contribution is -2.36. The first kappa shape index (κ1) is 19.4. The lowest BCUT2D eigenvalue weighted by atomic mass is 10.1. The summed E-state index contributed by atoms with van der Waals surface area (Å²) < 4.78 is 10.3. The van der Waals surface area contributed by atoms with Gasteiger partial charge < -0.3 is 19.7 Å². The van der Waals surface area contributed by atoms with Crippen LogP contribution in [0.1, 0.15) is 37.4 Å². The molecule has 1 aliphatic rings. The van der Waals surface area contributed by atoms with Gasteiger partial charge in [0.2, 0.25) is 0 Å². The number of nitrogens with zero attached hydrogens (tertiary/aromatic N) is 1. The largest absolute Gasteiger partial charge is 0.465 e. The topological polar surface area (TPSA) is 67.9 Å². The highest BCUT2D eigenvalue weighted by molar-refractivity contribution is 7.14. The van der Waals surface area contributed by atoms with Gasteiger partial charge in [0.15, 0.2) is 0 Å². The van der Waals surface area contributed by atoms with Crippen LogP contribution in [0.25, 0.3) is 0 Å². The summed E-state index contributed by atoms with van der Waals surface area (Å²) in [6.45, 7) is 6.91. The van der Waals surface area contributed by atoms with Crippen molar-refractivity contribution in [2.24, 2.45) is 0 Å². The molecule has 1 fully saturated rings. The molecule has 2 heterocycles. The maximum Gasteiger partial charge on any atom is 0.340 e. The molecule has 7 heteroatoms.